The second kappa shape index (κ2) is 8.75. The van der Waals surface area contributed by atoms with Gasteiger partial charge in [0.1, 0.15) is 0 Å². The van der Waals surface area contributed by atoms with Crippen LogP contribution in [-0.2, 0) is 0 Å². The number of amides is 1. The second-order valence-electron chi connectivity index (χ2n) is 6.58. The van der Waals surface area contributed by atoms with Crippen LogP contribution in [0, 0.1) is 0 Å². The SMILES string of the molecule is CCOc1ccc(C(=O)N2CCC(c3cc[nH]c(=O)c3)CC2)cc1OCC. The molecule has 1 fully saturated rings. The van der Waals surface area contributed by atoms with Crippen molar-refractivity contribution < 1.29 is 14.3 Å². The van der Waals surface area contributed by atoms with E-state index in [0.717, 1.165) is 18.4 Å². The molecular formula is C21H26N2O4. The maximum absolute atomic E-state index is 12.9. The molecule has 0 bridgehead atoms. The number of hydrogen-bond donors (Lipinski definition) is 1. The van der Waals surface area contributed by atoms with Crippen molar-refractivity contribution in [2.45, 2.75) is 32.6 Å². The topological polar surface area (TPSA) is 71.6 Å². The number of piperidine rings is 1. The number of ether oxygens (including phenoxy) is 2. The van der Waals surface area contributed by atoms with Crippen LogP contribution in [0.3, 0.4) is 0 Å². The molecule has 1 saturated heterocycles. The molecule has 144 valence electrons. The largest absolute Gasteiger partial charge is 0.490 e. The molecule has 6 nitrogen and oxygen atoms in total. The fourth-order valence-electron chi connectivity index (χ4n) is 3.50. The zero-order valence-electron chi connectivity index (χ0n) is 15.9. The minimum atomic E-state index is -0.0798. The van der Waals surface area contributed by atoms with E-state index in [9.17, 15) is 9.59 Å². The zero-order chi connectivity index (χ0) is 19.2. The number of carbonyl (C=O) groups excluding carboxylic acids is 1. The zero-order valence-corrected chi connectivity index (χ0v) is 15.9. The number of hydrogen-bond acceptors (Lipinski definition) is 4. The van der Waals surface area contributed by atoms with Crippen LogP contribution in [0.25, 0.3) is 0 Å². The number of pyridine rings is 1. The molecule has 6 heteroatoms. The average Bonchev–Trinajstić information content (AvgIpc) is 2.69. The highest BCUT2D eigenvalue weighted by Crippen LogP contribution is 2.31. The molecule has 1 N–H and O–H groups in total. The summed E-state index contributed by atoms with van der Waals surface area (Å²) < 4.78 is 11.2. The molecule has 2 heterocycles. The fraction of sp³-hybridized carbons (Fsp3) is 0.429. The van der Waals surface area contributed by atoms with Crippen LogP contribution in [0.1, 0.15) is 48.5 Å². The van der Waals surface area contributed by atoms with Gasteiger partial charge in [-0.2, -0.15) is 0 Å². The minimum Gasteiger partial charge on any atom is -0.490 e. The molecule has 3 rings (SSSR count). The van der Waals surface area contributed by atoms with E-state index < -0.39 is 0 Å². The Morgan fingerprint density at radius 2 is 1.78 bits per heavy atom. The van der Waals surface area contributed by atoms with Gasteiger partial charge in [0.2, 0.25) is 5.56 Å². The summed E-state index contributed by atoms with van der Waals surface area (Å²) in [6.45, 7) is 6.23. The smallest absolute Gasteiger partial charge is 0.253 e. The lowest BCUT2D eigenvalue weighted by Gasteiger charge is -2.32. The van der Waals surface area contributed by atoms with Crippen molar-refractivity contribution in [2.24, 2.45) is 0 Å². The third-order valence-corrected chi connectivity index (χ3v) is 4.84. The van der Waals surface area contributed by atoms with Gasteiger partial charge in [0.15, 0.2) is 11.5 Å². The lowest BCUT2D eigenvalue weighted by atomic mass is 9.90. The van der Waals surface area contributed by atoms with Crippen LogP contribution in [0.2, 0.25) is 0 Å². The number of aromatic nitrogens is 1. The Bertz CT molecular complexity index is 838. The van der Waals surface area contributed by atoms with Gasteiger partial charge < -0.3 is 19.4 Å². The Morgan fingerprint density at radius 3 is 2.44 bits per heavy atom. The molecular weight excluding hydrogens is 344 g/mol. The van der Waals surface area contributed by atoms with Crippen LogP contribution in [-0.4, -0.2) is 42.1 Å². The monoisotopic (exact) mass is 370 g/mol. The van der Waals surface area contributed by atoms with E-state index in [4.69, 9.17) is 9.47 Å². The number of nitrogens with zero attached hydrogens (tertiary/aromatic N) is 1. The standard InChI is InChI=1S/C21H26N2O4/c1-3-26-18-6-5-17(13-19(18)27-4-2)21(25)23-11-8-15(9-12-23)16-7-10-22-20(24)14-16/h5-7,10,13-15H,3-4,8-9,11-12H2,1-2H3,(H,22,24). The van der Waals surface area contributed by atoms with Crippen molar-refractivity contribution in [3.63, 3.8) is 0 Å². The molecule has 1 aliphatic rings. The number of nitrogens with one attached hydrogen (secondary N) is 1. The summed E-state index contributed by atoms with van der Waals surface area (Å²) in [5.41, 5.74) is 1.57. The molecule has 1 amide bonds. The molecule has 0 radical (unpaired) electrons. The highest BCUT2D eigenvalue weighted by atomic mass is 16.5. The Morgan fingerprint density at radius 1 is 1.07 bits per heavy atom. The second-order valence-corrected chi connectivity index (χ2v) is 6.58. The third-order valence-electron chi connectivity index (χ3n) is 4.84. The van der Waals surface area contributed by atoms with Crippen LogP contribution in [0.15, 0.2) is 41.3 Å². The van der Waals surface area contributed by atoms with Crippen LogP contribution < -0.4 is 15.0 Å². The molecule has 0 saturated carbocycles. The molecule has 1 aromatic heterocycles. The summed E-state index contributed by atoms with van der Waals surface area (Å²) in [6, 6.07) is 8.95. The van der Waals surface area contributed by atoms with Gasteiger partial charge in [-0.3, -0.25) is 9.59 Å². The fourth-order valence-corrected chi connectivity index (χ4v) is 3.50. The summed E-state index contributed by atoms with van der Waals surface area (Å²) >= 11 is 0. The van der Waals surface area contributed by atoms with E-state index >= 15 is 0 Å². The quantitative estimate of drug-likeness (QED) is 0.848. The minimum absolute atomic E-state index is 0.00311. The van der Waals surface area contributed by atoms with Gasteiger partial charge in [0.05, 0.1) is 13.2 Å². The molecule has 27 heavy (non-hydrogen) atoms. The molecule has 0 aliphatic carbocycles. The highest BCUT2D eigenvalue weighted by molar-refractivity contribution is 5.95. The van der Waals surface area contributed by atoms with Gasteiger partial charge in [-0.1, -0.05) is 0 Å². The maximum atomic E-state index is 12.9. The summed E-state index contributed by atoms with van der Waals surface area (Å²) in [4.78, 5) is 28.9. The maximum Gasteiger partial charge on any atom is 0.253 e. The number of H-pyrrole nitrogens is 1. The Balaban J connectivity index is 1.68. The van der Waals surface area contributed by atoms with Crippen LogP contribution >= 0.6 is 0 Å². The lowest BCUT2D eigenvalue weighted by Crippen LogP contribution is -2.38. The molecule has 0 atom stereocenters. The van der Waals surface area contributed by atoms with E-state index in [1.807, 2.05) is 24.8 Å². The van der Waals surface area contributed by atoms with Crippen LogP contribution in [0.5, 0.6) is 11.5 Å². The predicted molar refractivity (Wildman–Crippen MR) is 104 cm³/mol. The van der Waals surface area contributed by atoms with Crippen molar-refractivity contribution in [1.82, 2.24) is 9.88 Å². The number of carbonyl (C=O) groups is 1. The van der Waals surface area contributed by atoms with E-state index in [2.05, 4.69) is 4.98 Å². The number of aromatic amines is 1. The van der Waals surface area contributed by atoms with Gasteiger partial charge >= 0.3 is 0 Å². The summed E-state index contributed by atoms with van der Waals surface area (Å²) in [7, 11) is 0. The van der Waals surface area contributed by atoms with Gasteiger partial charge in [-0.15, -0.1) is 0 Å². The lowest BCUT2D eigenvalue weighted by molar-refractivity contribution is 0.0712. The van der Waals surface area contributed by atoms with Crippen LogP contribution in [0.4, 0.5) is 0 Å². The summed E-state index contributed by atoms with van der Waals surface area (Å²) in [5.74, 6) is 1.58. The molecule has 1 aromatic carbocycles. The first-order valence-corrected chi connectivity index (χ1v) is 9.50. The number of rotatable bonds is 6. The van der Waals surface area contributed by atoms with Crippen molar-refractivity contribution in [2.75, 3.05) is 26.3 Å². The van der Waals surface area contributed by atoms with Gasteiger partial charge in [0.25, 0.3) is 5.91 Å². The predicted octanol–water partition coefficient (Wildman–Crippen LogP) is 3.19. The van der Waals surface area contributed by atoms with Gasteiger partial charge in [-0.05, 0) is 62.4 Å². The average molecular weight is 370 g/mol. The van der Waals surface area contributed by atoms with E-state index in [1.54, 1.807) is 30.5 Å². The van der Waals surface area contributed by atoms with Gasteiger partial charge in [-0.25, -0.2) is 0 Å². The normalized spacial score (nSPS) is 14.8. The third kappa shape index (κ3) is 4.51. The van der Waals surface area contributed by atoms with E-state index in [-0.39, 0.29) is 11.5 Å². The first-order chi connectivity index (χ1) is 13.1. The van der Waals surface area contributed by atoms with Crippen molar-refractivity contribution in [3.05, 3.63) is 58.0 Å². The first kappa shape index (κ1) is 19.0. The Labute approximate surface area is 159 Å². The summed E-state index contributed by atoms with van der Waals surface area (Å²) in [5, 5.41) is 0. The highest BCUT2D eigenvalue weighted by Gasteiger charge is 2.25. The van der Waals surface area contributed by atoms with Crippen molar-refractivity contribution in [3.8, 4) is 11.5 Å². The molecule has 1 aliphatic heterocycles. The summed E-state index contributed by atoms with van der Waals surface area (Å²) in [6.07, 6.45) is 3.39. The number of benzene rings is 1. The van der Waals surface area contributed by atoms with E-state index in [1.165, 1.54) is 0 Å². The molecule has 0 spiro atoms. The Kier molecular flexibility index (Phi) is 6.16. The van der Waals surface area contributed by atoms with Gasteiger partial charge in [0, 0.05) is 30.9 Å². The molecule has 0 unspecified atom stereocenters. The van der Waals surface area contributed by atoms with Crippen molar-refractivity contribution >= 4 is 5.91 Å². The van der Waals surface area contributed by atoms with Crippen molar-refractivity contribution in [1.29, 1.82) is 0 Å². The molecule has 2 aromatic rings. The number of likely N-dealkylation sites (tertiary alicyclic amines) is 1. The van der Waals surface area contributed by atoms with E-state index in [0.29, 0.717) is 49.3 Å². The first-order valence-electron chi connectivity index (χ1n) is 9.50. The Hall–Kier alpha value is -2.76.